The quantitative estimate of drug-likeness (QED) is 0.120. The second-order valence-corrected chi connectivity index (χ2v) is 12.8. The van der Waals surface area contributed by atoms with E-state index in [-0.39, 0.29) is 29.7 Å². The van der Waals surface area contributed by atoms with E-state index in [4.69, 9.17) is 13.9 Å². The van der Waals surface area contributed by atoms with Gasteiger partial charge in [0.1, 0.15) is 12.4 Å². The molecular formula is C25H27NO6Si. The Bertz CT molecular complexity index is 1030. The monoisotopic (exact) mass is 465 g/mol. The topological polar surface area (TPSA) is 87.9 Å². The van der Waals surface area contributed by atoms with Crippen molar-refractivity contribution in [3.8, 4) is 5.75 Å². The van der Waals surface area contributed by atoms with Crippen LogP contribution in [0.2, 0.25) is 5.04 Å². The van der Waals surface area contributed by atoms with Crippen molar-refractivity contribution in [1.82, 2.24) is 0 Å². The SMILES string of the molecule is CC(C)(C)[Si](OCCOC(=O)Oc1ccc([N+](=O)[O-])cc1)(c1ccccc1)c1ccccc1. The summed E-state index contributed by atoms with van der Waals surface area (Å²) < 4.78 is 16.9. The predicted molar refractivity (Wildman–Crippen MR) is 129 cm³/mol. The minimum atomic E-state index is -2.71. The highest BCUT2D eigenvalue weighted by molar-refractivity contribution is 6.99. The molecule has 3 aromatic carbocycles. The van der Waals surface area contributed by atoms with Crippen molar-refractivity contribution in [1.29, 1.82) is 0 Å². The van der Waals surface area contributed by atoms with Crippen LogP contribution in [-0.2, 0) is 9.16 Å². The minimum absolute atomic E-state index is 0.0102. The Labute approximate surface area is 194 Å². The first-order valence-corrected chi connectivity index (χ1v) is 12.5. The van der Waals surface area contributed by atoms with Gasteiger partial charge in [0.25, 0.3) is 14.0 Å². The second kappa shape index (κ2) is 10.4. The van der Waals surface area contributed by atoms with Crippen molar-refractivity contribution in [2.75, 3.05) is 13.2 Å². The predicted octanol–water partition coefficient (Wildman–Crippen LogP) is 4.69. The molecule has 3 aromatic rings. The van der Waals surface area contributed by atoms with E-state index >= 15 is 0 Å². The highest BCUT2D eigenvalue weighted by Crippen LogP contribution is 2.36. The van der Waals surface area contributed by atoms with Gasteiger partial charge < -0.3 is 13.9 Å². The van der Waals surface area contributed by atoms with Crippen LogP contribution < -0.4 is 15.1 Å². The zero-order valence-electron chi connectivity index (χ0n) is 18.9. The highest BCUT2D eigenvalue weighted by Gasteiger charge is 2.50. The summed E-state index contributed by atoms with van der Waals surface area (Å²) in [7, 11) is -2.71. The third-order valence-electron chi connectivity index (χ3n) is 5.29. The number of non-ortho nitro benzene ring substituents is 1. The van der Waals surface area contributed by atoms with Gasteiger partial charge in [-0.1, -0.05) is 81.4 Å². The van der Waals surface area contributed by atoms with E-state index in [1.54, 1.807) is 0 Å². The first kappa shape index (κ1) is 24.2. The van der Waals surface area contributed by atoms with Crippen molar-refractivity contribution >= 4 is 30.5 Å². The van der Waals surface area contributed by atoms with Crippen LogP contribution in [0.15, 0.2) is 84.9 Å². The average molecular weight is 466 g/mol. The summed E-state index contributed by atoms with van der Waals surface area (Å²) in [6.07, 6.45) is -0.894. The van der Waals surface area contributed by atoms with Gasteiger partial charge in [-0.3, -0.25) is 10.1 Å². The lowest BCUT2D eigenvalue weighted by Gasteiger charge is -2.43. The van der Waals surface area contributed by atoms with Crippen molar-refractivity contribution in [3.05, 3.63) is 95.0 Å². The molecule has 8 heteroatoms. The molecule has 0 aromatic heterocycles. The number of nitro groups is 1. The van der Waals surface area contributed by atoms with Crippen LogP contribution in [0.1, 0.15) is 20.8 Å². The lowest BCUT2D eigenvalue weighted by atomic mass is 10.2. The fourth-order valence-corrected chi connectivity index (χ4v) is 8.39. The summed E-state index contributed by atoms with van der Waals surface area (Å²) in [5, 5.41) is 12.8. The second-order valence-electron chi connectivity index (χ2n) is 8.46. The maximum Gasteiger partial charge on any atom is 0.513 e. The largest absolute Gasteiger partial charge is 0.513 e. The van der Waals surface area contributed by atoms with Crippen LogP contribution in [0.4, 0.5) is 10.5 Å². The van der Waals surface area contributed by atoms with Gasteiger partial charge in [-0.05, 0) is 27.5 Å². The molecule has 0 bridgehead atoms. The molecule has 0 aliphatic heterocycles. The van der Waals surface area contributed by atoms with Gasteiger partial charge in [0.15, 0.2) is 0 Å². The molecule has 0 saturated carbocycles. The molecule has 0 atom stereocenters. The van der Waals surface area contributed by atoms with Crippen molar-refractivity contribution in [2.24, 2.45) is 0 Å². The molecule has 0 aliphatic rings. The average Bonchev–Trinajstić information content (AvgIpc) is 2.80. The molecule has 3 rings (SSSR count). The van der Waals surface area contributed by atoms with Gasteiger partial charge in [0, 0.05) is 12.1 Å². The van der Waals surface area contributed by atoms with Gasteiger partial charge in [-0.2, -0.15) is 0 Å². The van der Waals surface area contributed by atoms with Gasteiger partial charge >= 0.3 is 6.16 Å². The number of carbonyl (C=O) groups is 1. The Kier molecular flexibility index (Phi) is 7.62. The van der Waals surface area contributed by atoms with Crippen molar-refractivity contribution < 1.29 is 23.6 Å². The summed E-state index contributed by atoms with van der Waals surface area (Å²) in [6, 6.07) is 25.6. The number of benzene rings is 3. The number of nitrogens with zero attached hydrogens (tertiary/aromatic N) is 1. The minimum Gasteiger partial charge on any atom is -0.432 e. The lowest BCUT2D eigenvalue weighted by molar-refractivity contribution is -0.384. The number of hydrogen-bond acceptors (Lipinski definition) is 6. The standard InChI is InChI=1S/C25H27NO6Si/c1-25(2,3)33(22-10-6-4-7-11-22,23-12-8-5-9-13-23)31-19-18-30-24(27)32-21-16-14-20(15-17-21)26(28)29/h4-17H,18-19H2,1-3H3. The Morgan fingerprint density at radius 3 is 1.82 bits per heavy atom. The molecule has 33 heavy (non-hydrogen) atoms. The van der Waals surface area contributed by atoms with E-state index in [0.717, 1.165) is 10.4 Å². The first-order valence-electron chi connectivity index (χ1n) is 10.6. The summed E-state index contributed by atoms with van der Waals surface area (Å²) in [6.45, 7) is 6.72. The van der Waals surface area contributed by atoms with Crippen LogP contribution in [-0.4, -0.2) is 32.6 Å². The van der Waals surface area contributed by atoms with Gasteiger partial charge in [-0.15, -0.1) is 0 Å². The van der Waals surface area contributed by atoms with Gasteiger partial charge in [0.05, 0.1) is 11.5 Å². The summed E-state index contributed by atoms with van der Waals surface area (Å²) >= 11 is 0. The Hall–Kier alpha value is -3.49. The van der Waals surface area contributed by atoms with E-state index in [0.29, 0.717) is 0 Å². The van der Waals surface area contributed by atoms with Crippen LogP contribution >= 0.6 is 0 Å². The smallest absolute Gasteiger partial charge is 0.432 e. The Balaban J connectivity index is 1.70. The van der Waals surface area contributed by atoms with Crippen LogP contribution in [0.3, 0.4) is 0 Å². The molecule has 172 valence electrons. The van der Waals surface area contributed by atoms with E-state index in [2.05, 4.69) is 45.0 Å². The van der Waals surface area contributed by atoms with E-state index in [9.17, 15) is 14.9 Å². The number of rotatable bonds is 8. The molecule has 0 unspecified atom stereocenters. The lowest BCUT2D eigenvalue weighted by Crippen LogP contribution is -2.66. The molecule has 0 aliphatic carbocycles. The van der Waals surface area contributed by atoms with Crippen molar-refractivity contribution in [3.63, 3.8) is 0 Å². The number of carbonyl (C=O) groups excluding carboxylic acids is 1. The molecular weight excluding hydrogens is 438 g/mol. The third-order valence-corrected chi connectivity index (χ3v) is 10.3. The zero-order chi connectivity index (χ0) is 23.9. The molecule has 0 fully saturated rings. The zero-order valence-corrected chi connectivity index (χ0v) is 19.9. The Morgan fingerprint density at radius 1 is 0.848 bits per heavy atom. The molecule has 0 amide bonds. The molecule has 0 spiro atoms. The van der Waals surface area contributed by atoms with E-state index in [1.165, 1.54) is 24.3 Å². The fraction of sp³-hybridized carbons (Fsp3) is 0.240. The first-order chi connectivity index (χ1) is 15.7. The van der Waals surface area contributed by atoms with Crippen LogP contribution in [0, 0.1) is 10.1 Å². The van der Waals surface area contributed by atoms with Crippen molar-refractivity contribution in [2.45, 2.75) is 25.8 Å². The van der Waals surface area contributed by atoms with Gasteiger partial charge in [0.2, 0.25) is 0 Å². The highest BCUT2D eigenvalue weighted by atomic mass is 28.4. The molecule has 0 N–H and O–H groups in total. The summed E-state index contributed by atoms with van der Waals surface area (Å²) in [5.41, 5.74) is -0.0885. The molecule has 0 saturated heterocycles. The van der Waals surface area contributed by atoms with Crippen LogP contribution in [0.5, 0.6) is 5.75 Å². The number of nitro benzene ring substituents is 1. The van der Waals surface area contributed by atoms with Gasteiger partial charge in [-0.25, -0.2) is 4.79 Å². The molecule has 0 radical (unpaired) electrons. The number of hydrogen-bond donors (Lipinski definition) is 0. The fourth-order valence-electron chi connectivity index (χ4n) is 3.84. The normalized spacial score (nSPS) is 11.6. The molecule has 7 nitrogen and oxygen atoms in total. The van der Waals surface area contributed by atoms with E-state index < -0.39 is 19.4 Å². The van der Waals surface area contributed by atoms with E-state index in [1.807, 2.05) is 36.4 Å². The maximum absolute atomic E-state index is 12.1. The third kappa shape index (κ3) is 5.66. The number of ether oxygens (including phenoxy) is 2. The molecule has 0 heterocycles. The maximum atomic E-state index is 12.1. The summed E-state index contributed by atoms with van der Waals surface area (Å²) in [5.74, 6) is 0.165. The summed E-state index contributed by atoms with van der Waals surface area (Å²) in [4.78, 5) is 22.3. The van der Waals surface area contributed by atoms with Crippen LogP contribution in [0.25, 0.3) is 0 Å². The Morgan fingerprint density at radius 2 is 1.36 bits per heavy atom.